The number of amides is 1. The minimum Gasteiger partial charge on any atom is -0.486 e. The highest BCUT2D eigenvalue weighted by atomic mass is 16.6. The molecule has 134 valence electrons. The van der Waals surface area contributed by atoms with E-state index >= 15 is 0 Å². The molecule has 2 bridgehead atoms. The second-order valence-electron chi connectivity index (χ2n) is 8.31. The Bertz CT molecular complexity index is 800. The van der Waals surface area contributed by atoms with Crippen LogP contribution < -0.4 is 10.1 Å². The van der Waals surface area contributed by atoms with Gasteiger partial charge in [-0.1, -0.05) is 0 Å². The van der Waals surface area contributed by atoms with Crippen LogP contribution in [-0.2, 0) is 4.74 Å². The monoisotopic (exact) mass is 344 g/mol. The number of hydrogen-bond donors (Lipinski definition) is 2. The van der Waals surface area contributed by atoms with Crippen LogP contribution in [0.15, 0.2) is 18.5 Å². The summed E-state index contributed by atoms with van der Waals surface area (Å²) in [4.78, 5) is 16.5. The predicted octanol–water partition coefficient (Wildman–Crippen LogP) is 3.32. The molecule has 25 heavy (non-hydrogen) atoms. The highest BCUT2D eigenvalue weighted by Crippen LogP contribution is 2.53. The lowest BCUT2D eigenvalue weighted by Crippen LogP contribution is -2.47. The Morgan fingerprint density at radius 2 is 2.04 bits per heavy atom. The molecule has 0 unspecified atom stereocenters. The minimum atomic E-state index is -0.491. The first-order valence-corrected chi connectivity index (χ1v) is 8.77. The van der Waals surface area contributed by atoms with E-state index in [1.54, 1.807) is 12.4 Å². The molecular formula is C18H24N4O3. The van der Waals surface area contributed by atoms with Gasteiger partial charge in [0.1, 0.15) is 17.0 Å². The number of aromatic amines is 1. The van der Waals surface area contributed by atoms with Crippen LogP contribution in [0.3, 0.4) is 0 Å². The molecule has 0 aliphatic heterocycles. The van der Waals surface area contributed by atoms with Gasteiger partial charge in [-0.25, -0.2) is 9.78 Å². The van der Waals surface area contributed by atoms with E-state index in [2.05, 4.69) is 20.5 Å². The quantitative estimate of drug-likeness (QED) is 0.891. The smallest absolute Gasteiger partial charge is 0.408 e. The van der Waals surface area contributed by atoms with Crippen molar-refractivity contribution in [1.82, 2.24) is 20.5 Å². The second kappa shape index (κ2) is 5.34. The van der Waals surface area contributed by atoms with E-state index in [0.717, 1.165) is 48.9 Å². The Balaban J connectivity index is 1.49. The van der Waals surface area contributed by atoms with Crippen LogP contribution in [0, 0.1) is 0 Å². The van der Waals surface area contributed by atoms with E-state index in [1.165, 1.54) is 0 Å². The lowest BCUT2D eigenvalue weighted by Gasteiger charge is -2.30. The summed E-state index contributed by atoms with van der Waals surface area (Å²) in [6, 6.07) is 1.88. The molecule has 7 nitrogen and oxygen atoms in total. The first kappa shape index (κ1) is 16.2. The number of fused-ring (bicyclic) bond motifs is 3. The van der Waals surface area contributed by atoms with Crippen LogP contribution in [0.4, 0.5) is 4.79 Å². The van der Waals surface area contributed by atoms with Crippen molar-refractivity contribution in [3.63, 3.8) is 0 Å². The molecule has 0 saturated heterocycles. The van der Waals surface area contributed by atoms with E-state index in [-0.39, 0.29) is 17.2 Å². The van der Waals surface area contributed by atoms with Crippen molar-refractivity contribution in [3.8, 4) is 5.75 Å². The Morgan fingerprint density at radius 3 is 2.76 bits per heavy atom. The summed E-state index contributed by atoms with van der Waals surface area (Å²) >= 11 is 0. The number of carbonyl (C=O) groups is 1. The number of nitrogens with zero attached hydrogens (tertiary/aromatic N) is 2. The molecule has 0 radical (unpaired) electrons. The number of rotatable bonds is 3. The van der Waals surface area contributed by atoms with Crippen LogP contribution >= 0.6 is 0 Å². The van der Waals surface area contributed by atoms with Crippen molar-refractivity contribution in [2.75, 3.05) is 0 Å². The lowest BCUT2D eigenvalue weighted by molar-refractivity contribution is 0.0458. The normalized spacial score (nSPS) is 28.3. The van der Waals surface area contributed by atoms with Crippen molar-refractivity contribution >= 4 is 17.1 Å². The zero-order chi connectivity index (χ0) is 17.7. The van der Waals surface area contributed by atoms with E-state index in [9.17, 15) is 4.79 Å². The SMILES string of the molecule is CC(C)(C)OC(=O)NC12CCC(Oc3ccnc4[nH]ncc34)(CC1)C2. The maximum absolute atomic E-state index is 12.2. The van der Waals surface area contributed by atoms with Gasteiger partial charge in [0.25, 0.3) is 0 Å². The lowest BCUT2D eigenvalue weighted by atomic mass is 9.93. The third-order valence-corrected chi connectivity index (χ3v) is 5.19. The van der Waals surface area contributed by atoms with Gasteiger partial charge in [0.15, 0.2) is 5.65 Å². The van der Waals surface area contributed by atoms with Crippen molar-refractivity contribution in [2.24, 2.45) is 0 Å². The fourth-order valence-electron chi connectivity index (χ4n) is 4.13. The topological polar surface area (TPSA) is 89.1 Å². The zero-order valence-electron chi connectivity index (χ0n) is 14.9. The maximum atomic E-state index is 12.2. The number of ether oxygens (including phenoxy) is 2. The molecule has 2 aliphatic rings. The Hall–Kier alpha value is -2.31. The molecule has 0 aromatic carbocycles. The zero-order valence-corrected chi connectivity index (χ0v) is 14.9. The number of hydrogen-bond acceptors (Lipinski definition) is 5. The van der Waals surface area contributed by atoms with Gasteiger partial charge in [-0.15, -0.1) is 0 Å². The summed E-state index contributed by atoms with van der Waals surface area (Å²) in [6.07, 6.45) is 7.59. The maximum Gasteiger partial charge on any atom is 0.408 e. The van der Waals surface area contributed by atoms with E-state index in [0.29, 0.717) is 0 Å². The van der Waals surface area contributed by atoms with Crippen LogP contribution in [0.25, 0.3) is 11.0 Å². The molecule has 2 saturated carbocycles. The highest BCUT2D eigenvalue weighted by molar-refractivity contribution is 5.80. The number of aromatic nitrogens is 3. The Morgan fingerprint density at radius 1 is 1.28 bits per heavy atom. The third-order valence-electron chi connectivity index (χ3n) is 5.19. The van der Waals surface area contributed by atoms with Gasteiger partial charge in [0.2, 0.25) is 0 Å². The summed E-state index contributed by atoms with van der Waals surface area (Å²) in [7, 11) is 0. The van der Waals surface area contributed by atoms with Crippen molar-refractivity contribution in [3.05, 3.63) is 18.5 Å². The summed E-state index contributed by atoms with van der Waals surface area (Å²) in [5.74, 6) is 0.800. The standard InChI is InChI=1S/C18H24N4O3/c1-16(2,3)25-15(23)21-17-5-7-18(11-17,8-6-17)24-13-4-9-19-14-12(13)10-20-22-14/h4,9-10H,5-8,11H2,1-3H3,(H,21,23)(H,19,20,22). The molecule has 4 rings (SSSR count). The molecule has 2 aromatic rings. The van der Waals surface area contributed by atoms with E-state index in [1.807, 2.05) is 26.8 Å². The number of carbonyl (C=O) groups excluding carboxylic acids is 1. The van der Waals surface area contributed by atoms with E-state index in [4.69, 9.17) is 9.47 Å². The summed E-state index contributed by atoms with van der Waals surface area (Å²) in [6.45, 7) is 5.63. The van der Waals surface area contributed by atoms with E-state index < -0.39 is 5.60 Å². The molecule has 2 heterocycles. The van der Waals surface area contributed by atoms with Gasteiger partial charge < -0.3 is 14.8 Å². The average molecular weight is 344 g/mol. The van der Waals surface area contributed by atoms with Crippen LogP contribution in [0.5, 0.6) is 5.75 Å². The Labute approximate surface area is 146 Å². The van der Waals surface area contributed by atoms with Gasteiger partial charge in [0, 0.05) is 18.2 Å². The number of alkyl carbamates (subject to hydrolysis) is 1. The van der Waals surface area contributed by atoms with Gasteiger partial charge in [-0.2, -0.15) is 5.10 Å². The summed E-state index contributed by atoms with van der Waals surface area (Å²) in [5, 5.41) is 10.9. The first-order valence-electron chi connectivity index (χ1n) is 8.77. The molecule has 0 spiro atoms. The van der Waals surface area contributed by atoms with Crippen molar-refractivity contribution in [1.29, 1.82) is 0 Å². The average Bonchev–Trinajstić information content (AvgIpc) is 3.18. The van der Waals surface area contributed by atoms with Crippen molar-refractivity contribution in [2.45, 2.75) is 69.6 Å². The number of nitrogens with one attached hydrogen (secondary N) is 2. The summed E-state index contributed by atoms with van der Waals surface area (Å²) < 4.78 is 11.9. The first-order chi connectivity index (χ1) is 11.8. The fraction of sp³-hybridized carbons (Fsp3) is 0.611. The third kappa shape index (κ3) is 3.03. The molecule has 7 heteroatoms. The molecular weight excluding hydrogens is 320 g/mol. The Kier molecular flexibility index (Phi) is 3.46. The molecule has 2 aromatic heterocycles. The summed E-state index contributed by atoms with van der Waals surface area (Å²) in [5.41, 5.74) is -0.219. The van der Waals surface area contributed by atoms with Crippen LogP contribution in [-0.4, -0.2) is 38.0 Å². The minimum absolute atomic E-state index is 0.217. The van der Waals surface area contributed by atoms with Gasteiger partial charge in [-0.05, 0) is 52.5 Å². The molecule has 2 aliphatic carbocycles. The predicted molar refractivity (Wildman–Crippen MR) is 92.4 cm³/mol. The number of pyridine rings is 1. The second-order valence-corrected chi connectivity index (χ2v) is 8.31. The van der Waals surface area contributed by atoms with Crippen molar-refractivity contribution < 1.29 is 14.3 Å². The molecule has 2 N–H and O–H groups in total. The van der Waals surface area contributed by atoms with Gasteiger partial charge >= 0.3 is 6.09 Å². The fourth-order valence-corrected chi connectivity index (χ4v) is 4.13. The molecule has 1 amide bonds. The van der Waals surface area contributed by atoms with Gasteiger partial charge in [0.05, 0.1) is 11.6 Å². The highest BCUT2D eigenvalue weighted by Gasteiger charge is 2.57. The number of H-pyrrole nitrogens is 1. The molecule has 0 atom stereocenters. The van der Waals surface area contributed by atoms with Crippen LogP contribution in [0.2, 0.25) is 0 Å². The molecule has 2 fully saturated rings. The van der Waals surface area contributed by atoms with Gasteiger partial charge in [-0.3, -0.25) is 5.10 Å². The largest absolute Gasteiger partial charge is 0.486 e. The van der Waals surface area contributed by atoms with Crippen LogP contribution in [0.1, 0.15) is 52.9 Å².